The van der Waals surface area contributed by atoms with Crippen LogP contribution in [0.4, 0.5) is 11.4 Å². The molecule has 0 aliphatic carbocycles. The molecule has 6 heteroatoms. The number of hydrogen-bond acceptors (Lipinski definition) is 4. The number of ether oxygens (including phenoxy) is 1. The van der Waals surface area contributed by atoms with Crippen molar-refractivity contribution in [2.75, 3.05) is 49.6 Å². The van der Waals surface area contributed by atoms with Crippen LogP contribution in [0.25, 0.3) is 0 Å². The standard InChI is InChI=1S/C24H29N3O3/c1-17-8-9-20(14-18(17)2)27-16-19(15-23(27)28)24(29)26-12-10-25(11-13-26)21-6-4-5-7-22(21)30-3/h4-9,14,19H,10-13,15-16H2,1-3H3. The third kappa shape index (κ3) is 3.86. The second-order valence-electron chi connectivity index (χ2n) is 8.16. The minimum absolute atomic E-state index is 0.0317. The van der Waals surface area contributed by atoms with Crippen LogP contribution in [-0.2, 0) is 9.59 Å². The van der Waals surface area contributed by atoms with Gasteiger partial charge in [0.2, 0.25) is 11.8 Å². The van der Waals surface area contributed by atoms with Crippen LogP contribution in [0.1, 0.15) is 17.5 Å². The van der Waals surface area contributed by atoms with Gasteiger partial charge >= 0.3 is 0 Å². The molecule has 158 valence electrons. The maximum Gasteiger partial charge on any atom is 0.228 e. The van der Waals surface area contributed by atoms with Gasteiger partial charge in [0.25, 0.3) is 0 Å². The van der Waals surface area contributed by atoms with Crippen LogP contribution in [0.15, 0.2) is 42.5 Å². The summed E-state index contributed by atoms with van der Waals surface area (Å²) < 4.78 is 5.47. The Bertz CT molecular complexity index is 950. The lowest BCUT2D eigenvalue weighted by Gasteiger charge is -2.37. The van der Waals surface area contributed by atoms with Gasteiger partial charge in [0.05, 0.1) is 18.7 Å². The zero-order valence-corrected chi connectivity index (χ0v) is 17.9. The Hall–Kier alpha value is -3.02. The fraction of sp³-hybridized carbons (Fsp3) is 0.417. The molecule has 0 spiro atoms. The number of carbonyl (C=O) groups is 2. The minimum atomic E-state index is -0.267. The fourth-order valence-corrected chi connectivity index (χ4v) is 4.33. The SMILES string of the molecule is COc1ccccc1N1CCN(C(=O)C2CC(=O)N(c3ccc(C)c(C)c3)C2)CC1. The number of nitrogens with zero attached hydrogens (tertiary/aromatic N) is 3. The molecule has 2 heterocycles. The topological polar surface area (TPSA) is 53.1 Å². The number of aryl methyl sites for hydroxylation is 2. The van der Waals surface area contributed by atoms with Crippen molar-refractivity contribution >= 4 is 23.2 Å². The first-order chi connectivity index (χ1) is 14.5. The number of hydrogen-bond donors (Lipinski definition) is 0. The van der Waals surface area contributed by atoms with Gasteiger partial charge in [-0.1, -0.05) is 18.2 Å². The van der Waals surface area contributed by atoms with Crippen molar-refractivity contribution in [1.82, 2.24) is 4.90 Å². The van der Waals surface area contributed by atoms with E-state index in [1.54, 1.807) is 12.0 Å². The summed E-state index contributed by atoms with van der Waals surface area (Å²) in [6, 6.07) is 14.0. The number of methoxy groups -OCH3 is 1. The van der Waals surface area contributed by atoms with Gasteiger partial charge in [-0.2, -0.15) is 0 Å². The smallest absolute Gasteiger partial charge is 0.228 e. The first-order valence-electron chi connectivity index (χ1n) is 10.5. The highest BCUT2D eigenvalue weighted by molar-refractivity contribution is 6.00. The Labute approximate surface area is 178 Å². The van der Waals surface area contributed by atoms with Crippen LogP contribution in [0.2, 0.25) is 0 Å². The van der Waals surface area contributed by atoms with Gasteiger partial charge in [-0.25, -0.2) is 0 Å². The second-order valence-corrected chi connectivity index (χ2v) is 8.16. The van der Waals surface area contributed by atoms with Crippen LogP contribution in [0, 0.1) is 19.8 Å². The first kappa shape index (κ1) is 20.3. The van der Waals surface area contributed by atoms with E-state index in [0.717, 1.165) is 35.8 Å². The Balaban J connectivity index is 1.39. The number of anilines is 2. The van der Waals surface area contributed by atoms with Gasteiger partial charge in [-0.05, 0) is 49.2 Å². The third-order valence-electron chi connectivity index (χ3n) is 6.29. The highest BCUT2D eigenvalue weighted by Gasteiger charge is 2.38. The van der Waals surface area contributed by atoms with Gasteiger partial charge < -0.3 is 19.4 Å². The Morgan fingerprint density at radius 1 is 1.00 bits per heavy atom. The summed E-state index contributed by atoms with van der Waals surface area (Å²) in [6.45, 7) is 7.40. The van der Waals surface area contributed by atoms with Crippen LogP contribution < -0.4 is 14.5 Å². The molecule has 2 amide bonds. The van der Waals surface area contributed by atoms with E-state index in [0.29, 0.717) is 26.1 Å². The van der Waals surface area contributed by atoms with Gasteiger partial charge in [-0.15, -0.1) is 0 Å². The highest BCUT2D eigenvalue weighted by Crippen LogP contribution is 2.30. The minimum Gasteiger partial charge on any atom is -0.495 e. The molecule has 0 saturated carbocycles. The fourth-order valence-electron chi connectivity index (χ4n) is 4.33. The molecule has 2 fully saturated rings. The average Bonchev–Trinajstić information content (AvgIpc) is 3.17. The molecule has 0 bridgehead atoms. The van der Waals surface area contributed by atoms with Crippen molar-refractivity contribution in [1.29, 1.82) is 0 Å². The summed E-state index contributed by atoms with van der Waals surface area (Å²) in [5, 5.41) is 0. The summed E-state index contributed by atoms with van der Waals surface area (Å²) in [4.78, 5) is 31.7. The largest absolute Gasteiger partial charge is 0.495 e. The monoisotopic (exact) mass is 407 g/mol. The predicted molar refractivity (Wildman–Crippen MR) is 118 cm³/mol. The summed E-state index contributed by atoms with van der Waals surface area (Å²) in [7, 11) is 1.68. The van der Waals surface area contributed by atoms with E-state index in [2.05, 4.69) is 11.8 Å². The number of para-hydroxylation sites is 2. The summed E-state index contributed by atoms with van der Waals surface area (Å²) in [5.41, 5.74) is 4.30. The van der Waals surface area contributed by atoms with Gasteiger partial charge in [0.15, 0.2) is 0 Å². The Kier molecular flexibility index (Phi) is 5.66. The van der Waals surface area contributed by atoms with E-state index in [9.17, 15) is 9.59 Å². The molecule has 2 aromatic carbocycles. The summed E-state index contributed by atoms with van der Waals surface area (Å²) in [5.74, 6) is 0.707. The van der Waals surface area contributed by atoms with Crippen molar-refractivity contribution in [2.45, 2.75) is 20.3 Å². The average molecular weight is 408 g/mol. The van der Waals surface area contributed by atoms with E-state index >= 15 is 0 Å². The van der Waals surface area contributed by atoms with Crippen LogP contribution in [-0.4, -0.2) is 56.5 Å². The molecule has 30 heavy (non-hydrogen) atoms. The molecule has 6 nitrogen and oxygen atoms in total. The molecule has 0 aromatic heterocycles. The van der Waals surface area contributed by atoms with E-state index in [-0.39, 0.29) is 17.7 Å². The van der Waals surface area contributed by atoms with E-state index < -0.39 is 0 Å². The third-order valence-corrected chi connectivity index (χ3v) is 6.29. The maximum atomic E-state index is 13.1. The summed E-state index contributed by atoms with van der Waals surface area (Å²) in [6.07, 6.45) is 0.290. The maximum absolute atomic E-state index is 13.1. The molecule has 0 radical (unpaired) electrons. The number of carbonyl (C=O) groups excluding carboxylic acids is 2. The number of piperazine rings is 1. The molecule has 1 unspecified atom stereocenters. The van der Waals surface area contributed by atoms with Crippen molar-refractivity contribution in [3.63, 3.8) is 0 Å². The van der Waals surface area contributed by atoms with Gasteiger partial charge in [-0.3, -0.25) is 9.59 Å². The molecule has 4 rings (SSSR count). The molecular weight excluding hydrogens is 378 g/mol. The lowest BCUT2D eigenvalue weighted by Crippen LogP contribution is -2.50. The van der Waals surface area contributed by atoms with Crippen molar-refractivity contribution < 1.29 is 14.3 Å². The van der Waals surface area contributed by atoms with E-state index in [1.165, 1.54) is 5.56 Å². The van der Waals surface area contributed by atoms with Crippen LogP contribution in [0.5, 0.6) is 5.75 Å². The second kappa shape index (κ2) is 8.38. The molecule has 0 N–H and O–H groups in total. The Morgan fingerprint density at radius 2 is 1.73 bits per heavy atom. The van der Waals surface area contributed by atoms with Crippen LogP contribution in [0.3, 0.4) is 0 Å². The molecule has 2 saturated heterocycles. The summed E-state index contributed by atoms with van der Waals surface area (Å²) >= 11 is 0. The molecule has 2 aliphatic rings. The van der Waals surface area contributed by atoms with Crippen molar-refractivity contribution in [3.05, 3.63) is 53.6 Å². The zero-order chi connectivity index (χ0) is 21.3. The van der Waals surface area contributed by atoms with Crippen LogP contribution >= 0.6 is 0 Å². The zero-order valence-electron chi connectivity index (χ0n) is 17.9. The molecule has 2 aromatic rings. The Morgan fingerprint density at radius 3 is 2.43 bits per heavy atom. The van der Waals surface area contributed by atoms with Gasteiger partial charge in [0, 0.05) is 44.8 Å². The predicted octanol–water partition coefficient (Wildman–Crippen LogP) is 3.01. The van der Waals surface area contributed by atoms with Gasteiger partial charge in [0.1, 0.15) is 5.75 Å². The van der Waals surface area contributed by atoms with E-state index in [1.807, 2.05) is 54.3 Å². The quantitative estimate of drug-likeness (QED) is 0.782. The molecular formula is C24H29N3O3. The number of benzene rings is 2. The molecule has 1 atom stereocenters. The van der Waals surface area contributed by atoms with Crippen molar-refractivity contribution in [2.24, 2.45) is 5.92 Å². The number of rotatable bonds is 4. The highest BCUT2D eigenvalue weighted by atomic mass is 16.5. The number of amides is 2. The van der Waals surface area contributed by atoms with E-state index in [4.69, 9.17) is 4.74 Å². The first-order valence-corrected chi connectivity index (χ1v) is 10.5. The lowest BCUT2D eigenvalue weighted by atomic mass is 10.1. The van der Waals surface area contributed by atoms with Crippen molar-refractivity contribution in [3.8, 4) is 5.75 Å². The normalized spacial score (nSPS) is 19.4. The lowest BCUT2D eigenvalue weighted by molar-refractivity contribution is -0.136. The molecule has 2 aliphatic heterocycles.